The Hall–Kier alpha value is -3.45. The quantitative estimate of drug-likeness (QED) is 0.582. The molecule has 0 aliphatic carbocycles. The van der Waals surface area contributed by atoms with Crippen LogP contribution in [0.5, 0.6) is 0 Å². The standard InChI is InChI=1S/C25H25N3O3S/c1-3-26-24(30)17-6-4-7-18(14-17)27-25(31)20-15-22(29)28(19-11-9-16(2)10-12-19)23(20)21-8-5-13-32-21/h4-14,20,23H,3,15H2,1-2H3,(H,26,30)(H,27,31). The van der Waals surface area contributed by atoms with Gasteiger partial charge in [0, 0.05) is 34.8 Å². The molecule has 2 aromatic carbocycles. The third-order valence-electron chi connectivity index (χ3n) is 5.54. The second-order valence-electron chi connectivity index (χ2n) is 7.80. The summed E-state index contributed by atoms with van der Waals surface area (Å²) in [4.78, 5) is 41.2. The summed E-state index contributed by atoms with van der Waals surface area (Å²) in [5.41, 5.74) is 2.90. The first kappa shape index (κ1) is 21.8. The SMILES string of the molecule is CCNC(=O)c1cccc(NC(=O)C2CC(=O)N(c3ccc(C)cc3)C2c2cccs2)c1. The van der Waals surface area contributed by atoms with Crippen LogP contribution in [0.3, 0.4) is 0 Å². The zero-order valence-electron chi connectivity index (χ0n) is 18.0. The molecule has 0 radical (unpaired) electrons. The second-order valence-corrected chi connectivity index (χ2v) is 8.78. The fourth-order valence-electron chi connectivity index (χ4n) is 4.00. The Bertz CT molecular complexity index is 1130. The number of amides is 3. The first-order valence-corrected chi connectivity index (χ1v) is 11.5. The van der Waals surface area contributed by atoms with Gasteiger partial charge < -0.3 is 15.5 Å². The van der Waals surface area contributed by atoms with Crippen LogP contribution in [0.2, 0.25) is 0 Å². The molecule has 2 atom stereocenters. The zero-order chi connectivity index (χ0) is 22.7. The number of carbonyl (C=O) groups excluding carboxylic acids is 3. The third-order valence-corrected chi connectivity index (χ3v) is 6.48. The fraction of sp³-hybridized carbons (Fsp3) is 0.240. The summed E-state index contributed by atoms with van der Waals surface area (Å²) < 4.78 is 0. The molecule has 6 nitrogen and oxygen atoms in total. The van der Waals surface area contributed by atoms with Crippen molar-refractivity contribution in [2.24, 2.45) is 5.92 Å². The minimum absolute atomic E-state index is 0.0801. The number of nitrogens with zero attached hydrogens (tertiary/aromatic N) is 1. The molecule has 3 aromatic rings. The Morgan fingerprint density at radius 2 is 1.88 bits per heavy atom. The van der Waals surface area contributed by atoms with Crippen LogP contribution in [0, 0.1) is 12.8 Å². The number of hydrogen-bond acceptors (Lipinski definition) is 4. The zero-order valence-corrected chi connectivity index (χ0v) is 18.8. The van der Waals surface area contributed by atoms with Crippen LogP contribution in [-0.2, 0) is 9.59 Å². The molecule has 1 aliphatic heterocycles. The summed E-state index contributed by atoms with van der Waals surface area (Å²) in [5, 5.41) is 7.63. The van der Waals surface area contributed by atoms with E-state index in [-0.39, 0.29) is 30.2 Å². The maximum Gasteiger partial charge on any atom is 0.251 e. The molecule has 1 aromatic heterocycles. The normalized spacial score (nSPS) is 17.9. The van der Waals surface area contributed by atoms with Gasteiger partial charge in [-0.3, -0.25) is 14.4 Å². The van der Waals surface area contributed by atoms with Crippen LogP contribution in [-0.4, -0.2) is 24.3 Å². The molecular formula is C25H25N3O3S. The summed E-state index contributed by atoms with van der Waals surface area (Å²) in [6, 6.07) is 18.1. The van der Waals surface area contributed by atoms with Crippen molar-refractivity contribution in [1.82, 2.24) is 5.32 Å². The number of carbonyl (C=O) groups is 3. The van der Waals surface area contributed by atoms with E-state index in [2.05, 4.69) is 10.6 Å². The Morgan fingerprint density at radius 1 is 1.09 bits per heavy atom. The van der Waals surface area contributed by atoms with E-state index in [4.69, 9.17) is 0 Å². The molecule has 1 aliphatic rings. The van der Waals surface area contributed by atoms with Gasteiger partial charge in [0.05, 0.1) is 12.0 Å². The van der Waals surface area contributed by atoms with Crippen molar-refractivity contribution in [3.05, 3.63) is 82.0 Å². The molecule has 0 spiro atoms. The lowest BCUT2D eigenvalue weighted by Crippen LogP contribution is -2.32. The third kappa shape index (κ3) is 4.43. The lowest BCUT2D eigenvalue weighted by atomic mass is 9.97. The molecule has 3 amide bonds. The Balaban J connectivity index is 1.61. The summed E-state index contributed by atoms with van der Waals surface area (Å²) in [7, 11) is 0. The average molecular weight is 448 g/mol. The van der Waals surface area contributed by atoms with Crippen LogP contribution in [0.1, 0.15) is 40.2 Å². The summed E-state index contributed by atoms with van der Waals surface area (Å²) in [6.07, 6.45) is 0.123. The van der Waals surface area contributed by atoms with Crippen molar-refractivity contribution < 1.29 is 14.4 Å². The van der Waals surface area contributed by atoms with Crippen LogP contribution in [0.25, 0.3) is 0 Å². The molecule has 164 valence electrons. The van der Waals surface area contributed by atoms with Gasteiger partial charge in [-0.25, -0.2) is 0 Å². The van der Waals surface area contributed by atoms with Crippen molar-refractivity contribution >= 4 is 40.4 Å². The molecule has 2 N–H and O–H groups in total. The van der Waals surface area contributed by atoms with E-state index in [1.807, 2.05) is 55.6 Å². The van der Waals surface area contributed by atoms with Crippen molar-refractivity contribution in [3.63, 3.8) is 0 Å². The lowest BCUT2D eigenvalue weighted by Gasteiger charge is -2.27. The Morgan fingerprint density at radius 3 is 2.56 bits per heavy atom. The summed E-state index contributed by atoms with van der Waals surface area (Å²) in [6.45, 7) is 4.37. The highest BCUT2D eigenvalue weighted by Gasteiger charge is 2.45. The van der Waals surface area contributed by atoms with Gasteiger partial charge in [0.2, 0.25) is 11.8 Å². The first-order valence-electron chi connectivity index (χ1n) is 10.6. The fourth-order valence-corrected chi connectivity index (χ4v) is 4.88. The van der Waals surface area contributed by atoms with E-state index in [0.29, 0.717) is 17.8 Å². The van der Waals surface area contributed by atoms with Gasteiger partial charge >= 0.3 is 0 Å². The van der Waals surface area contributed by atoms with Crippen LogP contribution >= 0.6 is 11.3 Å². The van der Waals surface area contributed by atoms with Crippen molar-refractivity contribution in [3.8, 4) is 0 Å². The number of anilines is 2. The molecule has 2 unspecified atom stereocenters. The largest absolute Gasteiger partial charge is 0.352 e. The van der Waals surface area contributed by atoms with Crippen molar-refractivity contribution in [1.29, 1.82) is 0 Å². The van der Waals surface area contributed by atoms with E-state index in [0.717, 1.165) is 16.1 Å². The monoisotopic (exact) mass is 447 g/mol. The topological polar surface area (TPSA) is 78.5 Å². The van der Waals surface area contributed by atoms with Gasteiger partial charge in [-0.2, -0.15) is 0 Å². The highest BCUT2D eigenvalue weighted by atomic mass is 32.1. The van der Waals surface area contributed by atoms with E-state index in [1.54, 1.807) is 29.2 Å². The summed E-state index contributed by atoms with van der Waals surface area (Å²) >= 11 is 1.54. The predicted octanol–water partition coefficient (Wildman–Crippen LogP) is 4.54. The molecule has 1 fully saturated rings. The molecular weight excluding hydrogens is 422 g/mol. The van der Waals surface area contributed by atoms with Gasteiger partial charge in [0.25, 0.3) is 5.91 Å². The van der Waals surface area contributed by atoms with Gasteiger partial charge in [0.15, 0.2) is 0 Å². The predicted molar refractivity (Wildman–Crippen MR) is 127 cm³/mol. The number of nitrogens with one attached hydrogen (secondary N) is 2. The van der Waals surface area contributed by atoms with Crippen molar-refractivity contribution in [2.75, 3.05) is 16.8 Å². The van der Waals surface area contributed by atoms with Crippen LogP contribution in [0.15, 0.2) is 66.0 Å². The van der Waals surface area contributed by atoms with Crippen molar-refractivity contribution in [2.45, 2.75) is 26.3 Å². The molecule has 0 saturated carbocycles. The molecule has 0 bridgehead atoms. The van der Waals surface area contributed by atoms with Gasteiger partial charge in [-0.05, 0) is 55.6 Å². The number of rotatable bonds is 6. The van der Waals surface area contributed by atoms with E-state index in [9.17, 15) is 14.4 Å². The van der Waals surface area contributed by atoms with E-state index < -0.39 is 5.92 Å². The minimum atomic E-state index is -0.546. The van der Waals surface area contributed by atoms with Crippen LogP contribution in [0.4, 0.5) is 11.4 Å². The van der Waals surface area contributed by atoms with Gasteiger partial charge in [-0.15, -0.1) is 11.3 Å². The number of thiophene rings is 1. The van der Waals surface area contributed by atoms with Gasteiger partial charge in [-0.1, -0.05) is 29.8 Å². The Labute approximate surface area is 191 Å². The molecule has 7 heteroatoms. The highest BCUT2D eigenvalue weighted by molar-refractivity contribution is 7.10. The number of hydrogen-bond donors (Lipinski definition) is 2. The first-order chi connectivity index (χ1) is 15.5. The smallest absolute Gasteiger partial charge is 0.251 e. The maximum atomic E-state index is 13.3. The number of benzene rings is 2. The molecule has 2 heterocycles. The summed E-state index contributed by atoms with van der Waals surface area (Å²) in [5.74, 6) is -1.06. The minimum Gasteiger partial charge on any atom is -0.352 e. The second kappa shape index (κ2) is 9.36. The average Bonchev–Trinajstić information content (AvgIpc) is 3.42. The lowest BCUT2D eigenvalue weighted by molar-refractivity contribution is -0.122. The van der Waals surface area contributed by atoms with Gasteiger partial charge in [0.1, 0.15) is 0 Å². The molecule has 1 saturated heterocycles. The number of aryl methyl sites for hydroxylation is 1. The van der Waals surface area contributed by atoms with Crippen LogP contribution < -0.4 is 15.5 Å². The maximum absolute atomic E-state index is 13.3. The molecule has 32 heavy (non-hydrogen) atoms. The highest BCUT2D eigenvalue weighted by Crippen LogP contribution is 2.43. The molecule has 4 rings (SSSR count). The van der Waals surface area contributed by atoms with E-state index in [1.165, 1.54) is 11.3 Å². The Kier molecular flexibility index (Phi) is 6.37. The van der Waals surface area contributed by atoms with E-state index >= 15 is 0 Å².